The summed E-state index contributed by atoms with van der Waals surface area (Å²) in [6, 6.07) is 32.5. The normalized spacial score (nSPS) is 15.9. The molecule has 1 radical (unpaired) electrons. The molecule has 10 rings (SSSR count). The Morgan fingerprint density at radius 3 is 1.68 bits per heavy atom. The number of aromatic nitrogens is 1. The van der Waals surface area contributed by atoms with Gasteiger partial charge in [0, 0.05) is 28.1 Å². The van der Waals surface area contributed by atoms with Gasteiger partial charge in [0.05, 0.1) is 5.56 Å². The minimum atomic E-state index is -2.17. The van der Waals surface area contributed by atoms with Crippen LogP contribution in [0.5, 0.6) is 0 Å². The van der Waals surface area contributed by atoms with Gasteiger partial charge < -0.3 is 4.48 Å². The highest BCUT2D eigenvalue weighted by Crippen LogP contribution is 2.58. The molecule has 0 atom stereocenters. The zero-order chi connectivity index (χ0) is 38.4. The first kappa shape index (κ1) is 34.8. The van der Waals surface area contributed by atoms with Crippen molar-refractivity contribution in [3.8, 4) is 22.4 Å². The lowest BCUT2D eigenvalue weighted by Gasteiger charge is -2.22. The summed E-state index contributed by atoms with van der Waals surface area (Å²) in [5, 5.41) is 0. The average Bonchev–Trinajstić information content (AvgIpc) is 3.42. The predicted octanol–water partition coefficient (Wildman–Crippen LogP) is 12.6. The van der Waals surface area contributed by atoms with E-state index in [2.05, 4.69) is 31.7 Å². The van der Waals surface area contributed by atoms with Gasteiger partial charge in [-0.3, -0.25) is 0 Å². The number of fused-ring (bicyclic) bond motifs is 9. The summed E-state index contributed by atoms with van der Waals surface area (Å²) in [7, 11) is 2.08. The van der Waals surface area contributed by atoms with Crippen molar-refractivity contribution in [2.75, 3.05) is 0 Å². The Labute approximate surface area is 323 Å². The molecule has 5 aromatic carbocycles. The Morgan fingerprint density at radius 2 is 1.02 bits per heavy atom. The van der Waals surface area contributed by atoms with Gasteiger partial charge in [-0.1, -0.05) is 108 Å². The molecule has 1 aromatic heterocycles. The molecule has 0 unspecified atom stereocenters. The third-order valence-corrected chi connectivity index (χ3v) is 12.2. The molecule has 0 amide bonds. The van der Waals surface area contributed by atoms with Crippen molar-refractivity contribution in [1.82, 2.24) is 4.48 Å². The average molecular weight is 745 g/mol. The molecule has 7 heteroatoms. The van der Waals surface area contributed by atoms with E-state index in [0.717, 1.165) is 104 Å². The molecule has 4 aliphatic rings. The first-order chi connectivity index (χ1) is 27.2. The van der Waals surface area contributed by atoms with Gasteiger partial charge in [-0.05, 0) is 120 Å². The lowest BCUT2D eigenvalue weighted by molar-refractivity contribution is 0.376. The fourth-order valence-corrected chi connectivity index (χ4v) is 9.69. The van der Waals surface area contributed by atoms with Crippen molar-refractivity contribution in [3.05, 3.63) is 193 Å². The van der Waals surface area contributed by atoms with E-state index in [0.29, 0.717) is 30.4 Å². The van der Waals surface area contributed by atoms with Crippen molar-refractivity contribution in [1.29, 1.82) is 0 Å². The number of nitrogens with zero attached hydrogens (tertiary/aromatic N) is 1. The van der Waals surface area contributed by atoms with E-state index >= 15 is 17.6 Å². The smallest absolute Gasteiger partial charge is 0.257 e. The molecular formula is C49H36BF5N. The molecule has 2 heterocycles. The maximum atomic E-state index is 16.9. The van der Waals surface area contributed by atoms with Crippen molar-refractivity contribution in [2.24, 2.45) is 0 Å². The van der Waals surface area contributed by atoms with Crippen molar-refractivity contribution in [3.63, 3.8) is 0 Å². The number of rotatable bonds is 3. The van der Waals surface area contributed by atoms with E-state index < -0.39 is 34.6 Å². The van der Waals surface area contributed by atoms with Gasteiger partial charge in [0.2, 0.25) is 5.82 Å². The van der Waals surface area contributed by atoms with Crippen molar-refractivity contribution < 1.29 is 22.0 Å². The monoisotopic (exact) mass is 744 g/mol. The van der Waals surface area contributed by atoms with Gasteiger partial charge >= 0.3 is 0 Å². The highest BCUT2D eigenvalue weighted by atomic mass is 19.2. The van der Waals surface area contributed by atoms with Crippen LogP contribution in [-0.2, 0) is 19.3 Å². The third kappa shape index (κ3) is 5.12. The first-order valence-corrected chi connectivity index (χ1v) is 19.4. The topological polar surface area (TPSA) is 4.93 Å². The number of allylic oxidation sites excluding steroid dienone is 5. The van der Waals surface area contributed by atoms with Crippen LogP contribution in [0.15, 0.2) is 114 Å². The van der Waals surface area contributed by atoms with Crippen LogP contribution in [0, 0.1) is 42.9 Å². The molecule has 0 spiro atoms. The number of benzene rings is 5. The molecule has 3 aliphatic carbocycles. The summed E-state index contributed by atoms with van der Waals surface area (Å²) in [5.41, 5.74) is 14.3. The summed E-state index contributed by atoms with van der Waals surface area (Å²) in [6.07, 6.45) is 5.06. The third-order valence-electron chi connectivity index (χ3n) is 12.2. The number of aryl methyl sites for hydroxylation is 4. The van der Waals surface area contributed by atoms with E-state index in [1.165, 1.54) is 5.56 Å². The number of halogens is 5. The quantitative estimate of drug-likeness (QED) is 0.0736. The minimum absolute atomic E-state index is 0.0174. The van der Waals surface area contributed by atoms with Crippen LogP contribution in [0.4, 0.5) is 22.0 Å². The largest absolute Gasteiger partial charge is 0.389 e. The molecule has 1 aliphatic heterocycles. The number of hydrogen-bond donors (Lipinski definition) is 0. The standard InChI is InChI=1S/C49H36BF5N/c1-26-17-21-30(22-18-26)37-34-15-7-11-28-9-3-5-13-32(28)39(34)36-25-50-56-48-33-14-6-4-10-29(33)12-8-16-35(48)38(31-23-19-27(2)20-24-31)49(56)41(40(36)37)42-43(51)45(53)47(55)46(54)44(42)52/h3-6,9-10,13-14,17-24H,7-8,11-12,15-16,25H2,1-2H3. The van der Waals surface area contributed by atoms with Crippen LogP contribution in [0.25, 0.3) is 39.1 Å². The Kier molecular flexibility index (Phi) is 8.21. The molecule has 6 aromatic rings. The van der Waals surface area contributed by atoms with Crippen molar-refractivity contribution in [2.45, 2.75) is 58.7 Å². The molecular weight excluding hydrogens is 708 g/mol. The second kappa shape index (κ2) is 13.2. The molecule has 56 heavy (non-hydrogen) atoms. The molecule has 0 N–H and O–H groups in total. The second-order valence-corrected chi connectivity index (χ2v) is 15.5. The SMILES string of the molecule is Cc1ccc(C2=C3CCCc4ccccc4C3=C3C[B]n4c(c(-c5ccc(C)cc5)c5c4-c4ccccc4CCC5)C(c4c(F)c(F)c(F)c(F)c4F)=C32)cc1. The molecule has 275 valence electrons. The van der Waals surface area contributed by atoms with Gasteiger partial charge in [0.25, 0.3) is 7.41 Å². The van der Waals surface area contributed by atoms with E-state index in [1.54, 1.807) is 0 Å². The van der Waals surface area contributed by atoms with Gasteiger partial charge in [-0.2, -0.15) is 0 Å². The highest BCUT2D eigenvalue weighted by Gasteiger charge is 2.42. The Morgan fingerprint density at radius 1 is 0.464 bits per heavy atom. The number of hydrogen-bond acceptors (Lipinski definition) is 0. The summed E-state index contributed by atoms with van der Waals surface area (Å²) in [5.74, 6) is -9.77. The highest BCUT2D eigenvalue weighted by molar-refractivity contribution is 6.39. The van der Waals surface area contributed by atoms with Crippen LogP contribution in [0.1, 0.15) is 69.5 Å². The summed E-state index contributed by atoms with van der Waals surface area (Å²) in [4.78, 5) is 0. The zero-order valence-electron chi connectivity index (χ0n) is 31.1. The van der Waals surface area contributed by atoms with Crippen LogP contribution in [0.3, 0.4) is 0 Å². The van der Waals surface area contributed by atoms with Crippen LogP contribution >= 0.6 is 0 Å². The molecule has 1 nitrogen and oxygen atoms in total. The summed E-state index contributed by atoms with van der Waals surface area (Å²) in [6.45, 7) is 4.00. The van der Waals surface area contributed by atoms with E-state index in [1.807, 2.05) is 91.1 Å². The maximum Gasteiger partial charge on any atom is 0.257 e. The fraction of sp³-hybridized carbons (Fsp3) is 0.184. The van der Waals surface area contributed by atoms with Crippen LogP contribution in [-0.4, -0.2) is 11.9 Å². The lowest BCUT2D eigenvalue weighted by Crippen LogP contribution is -2.13. The second-order valence-electron chi connectivity index (χ2n) is 15.5. The Hall–Kier alpha value is -5.69. The zero-order valence-corrected chi connectivity index (χ0v) is 31.1. The van der Waals surface area contributed by atoms with E-state index in [-0.39, 0.29) is 5.57 Å². The van der Waals surface area contributed by atoms with E-state index in [9.17, 15) is 4.39 Å². The molecule has 0 saturated heterocycles. The molecule has 0 bridgehead atoms. The summed E-state index contributed by atoms with van der Waals surface area (Å²) >= 11 is 0. The first-order valence-electron chi connectivity index (χ1n) is 19.4. The summed E-state index contributed by atoms with van der Waals surface area (Å²) < 4.78 is 82.3. The van der Waals surface area contributed by atoms with Gasteiger partial charge in [-0.25, -0.2) is 22.0 Å². The van der Waals surface area contributed by atoms with E-state index in [4.69, 9.17) is 0 Å². The Balaban J connectivity index is 1.46. The van der Waals surface area contributed by atoms with Crippen LogP contribution in [0.2, 0.25) is 6.32 Å². The maximum absolute atomic E-state index is 16.9. The lowest BCUT2D eigenvalue weighted by atomic mass is 9.78. The van der Waals surface area contributed by atoms with Crippen molar-refractivity contribution >= 4 is 24.1 Å². The van der Waals surface area contributed by atoms with Gasteiger partial charge in [0.1, 0.15) is 0 Å². The molecule has 0 fully saturated rings. The fourth-order valence-electron chi connectivity index (χ4n) is 9.69. The minimum Gasteiger partial charge on any atom is -0.389 e. The molecule has 0 saturated carbocycles. The van der Waals surface area contributed by atoms with Gasteiger partial charge in [0.15, 0.2) is 23.3 Å². The Bertz CT molecular complexity index is 2720. The van der Waals surface area contributed by atoms with Crippen LogP contribution < -0.4 is 0 Å². The predicted molar refractivity (Wildman–Crippen MR) is 215 cm³/mol. The van der Waals surface area contributed by atoms with Gasteiger partial charge in [-0.15, -0.1) is 0 Å².